The van der Waals surface area contributed by atoms with Crippen LogP contribution in [-0.2, 0) is 14.8 Å². The lowest BCUT2D eigenvalue weighted by molar-refractivity contribution is -0.122. The Labute approximate surface area is 195 Å². The zero-order valence-corrected chi connectivity index (χ0v) is 20.0. The minimum Gasteiger partial charge on any atom is -0.476 e. The number of ether oxygens (including phenoxy) is 1. The number of para-hydroxylation sites is 1. The summed E-state index contributed by atoms with van der Waals surface area (Å²) in [5.41, 5.74) is 4.00. The van der Waals surface area contributed by atoms with Crippen LogP contribution in [0.5, 0.6) is 5.75 Å². The topological polar surface area (TPSA) is 75.7 Å². The van der Waals surface area contributed by atoms with Gasteiger partial charge in [0.15, 0.2) is 6.10 Å². The second-order valence-electron chi connectivity index (χ2n) is 8.66. The van der Waals surface area contributed by atoms with Crippen molar-refractivity contribution < 1.29 is 17.9 Å². The van der Waals surface area contributed by atoms with Crippen LogP contribution in [0.4, 0.5) is 11.4 Å². The van der Waals surface area contributed by atoms with Gasteiger partial charge in [0.2, 0.25) is 0 Å². The Morgan fingerprint density at radius 2 is 1.67 bits per heavy atom. The molecule has 33 heavy (non-hydrogen) atoms. The van der Waals surface area contributed by atoms with Crippen molar-refractivity contribution in [2.45, 2.75) is 44.6 Å². The zero-order chi connectivity index (χ0) is 23.8. The predicted molar refractivity (Wildman–Crippen MR) is 130 cm³/mol. The number of anilines is 2. The normalized spacial score (nSPS) is 15.7. The van der Waals surface area contributed by atoms with E-state index in [9.17, 15) is 13.2 Å². The van der Waals surface area contributed by atoms with Gasteiger partial charge >= 0.3 is 0 Å². The van der Waals surface area contributed by atoms with Gasteiger partial charge in [-0.25, -0.2) is 8.42 Å². The molecule has 0 radical (unpaired) electrons. The molecule has 1 aliphatic heterocycles. The highest BCUT2D eigenvalue weighted by Gasteiger charge is 2.37. The molecule has 1 unspecified atom stereocenters. The van der Waals surface area contributed by atoms with Crippen LogP contribution in [0.25, 0.3) is 0 Å². The summed E-state index contributed by atoms with van der Waals surface area (Å²) in [5, 5.41) is 2.94. The van der Waals surface area contributed by atoms with Gasteiger partial charge in [-0.2, -0.15) is 0 Å². The van der Waals surface area contributed by atoms with Crippen molar-refractivity contribution in [3.05, 3.63) is 83.4 Å². The molecule has 1 N–H and O–H groups in total. The molecule has 0 aliphatic carbocycles. The fourth-order valence-corrected chi connectivity index (χ4v) is 5.36. The number of nitrogens with zero attached hydrogens (tertiary/aromatic N) is 1. The van der Waals surface area contributed by atoms with Crippen molar-refractivity contribution in [2.75, 3.05) is 16.2 Å². The smallest absolute Gasteiger partial charge is 0.267 e. The number of aryl methyl sites for hydroxylation is 2. The maximum Gasteiger partial charge on any atom is 0.267 e. The average molecular weight is 465 g/mol. The van der Waals surface area contributed by atoms with E-state index < -0.39 is 22.0 Å². The van der Waals surface area contributed by atoms with E-state index in [1.54, 1.807) is 36.4 Å². The lowest BCUT2D eigenvalue weighted by atomic mass is 10.0. The molecule has 0 saturated heterocycles. The molecule has 1 heterocycles. The van der Waals surface area contributed by atoms with E-state index in [2.05, 4.69) is 19.2 Å². The highest BCUT2D eigenvalue weighted by molar-refractivity contribution is 7.92. The van der Waals surface area contributed by atoms with Gasteiger partial charge in [-0.1, -0.05) is 55.8 Å². The summed E-state index contributed by atoms with van der Waals surface area (Å²) in [6.07, 6.45) is -0.999. The third-order valence-corrected chi connectivity index (χ3v) is 7.52. The maximum absolute atomic E-state index is 13.6. The highest BCUT2D eigenvalue weighted by Crippen LogP contribution is 2.38. The summed E-state index contributed by atoms with van der Waals surface area (Å²) in [4.78, 5) is 13.4. The van der Waals surface area contributed by atoms with Crippen LogP contribution in [-0.4, -0.2) is 27.0 Å². The third-order valence-electron chi connectivity index (χ3n) is 5.73. The zero-order valence-electron chi connectivity index (χ0n) is 19.2. The maximum atomic E-state index is 13.6. The number of amides is 1. The van der Waals surface area contributed by atoms with E-state index in [4.69, 9.17) is 4.74 Å². The number of hydrogen-bond acceptors (Lipinski definition) is 4. The van der Waals surface area contributed by atoms with Gasteiger partial charge in [-0.15, -0.1) is 0 Å². The molecule has 172 valence electrons. The predicted octanol–water partition coefficient (Wildman–Crippen LogP) is 5.02. The fourth-order valence-electron chi connectivity index (χ4n) is 3.89. The van der Waals surface area contributed by atoms with E-state index in [-0.39, 0.29) is 17.4 Å². The molecule has 0 saturated carbocycles. The minimum atomic E-state index is -3.90. The number of fused-ring (bicyclic) bond motifs is 1. The van der Waals surface area contributed by atoms with Crippen molar-refractivity contribution >= 4 is 27.3 Å². The molecular weight excluding hydrogens is 436 g/mol. The molecule has 0 spiro atoms. The van der Waals surface area contributed by atoms with Crippen LogP contribution in [0.1, 0.15) is 36.5 Å². The van der Waals surface area contributed by atoms with Crippen LogP contribution in [0.3, 0.4) is 0 Å². The number of sulfonamides is 1. The van der Waals surface area contributed by atoms with Crippen LogP contribution >= 0.6 is 0 Å². The molecule has 1 aliphatic rings. The Bertz CT molecular complexity index is 1280. The van der Waals surface area contributed by atoms with E-state index in [1.807, 2.05) is 44.2 Å². The van der Waals surface area contributed by atoms with Crippen molar-refractivity contribution in [1.29, 1.82) is 0 Å². The first kappa shape index (κ1) is 22.9. The number of rotatable bonds is 5. The summed E-state index contributed by atoms with van der Waals surface area (Å²) < 4.78 is 34.4. The summed E-state index contributed by atoms with van der Waals surface area (Å²) in [5.74, 6) is 0.189. The molecule has 6 nitrogen and oxygen atoms in total. The second kappa shape index (κ2) is 8.90. The molecule has 1 atom stereocenters. The van der Waals surface area contributed by atoms with Crippen LogP contribution in [0.15, 0.2) is 71.6 Å². The van der Waals surface area contributed by atoms with Gasteiger partial charge in [0.1, 0.15) is 5.75 Å². The monoisotopic (exact) mass is 464 g/mol. The van der Waals surface area contributed by atoms with E-state index in [1.165, 1.54) is 4.31 Å². The molecular formula is C26H28N2O4S. The molecule has 7 heteroatoms. The van der Waals surface area contributed by atoms with Gasteiger partial charge in [-0.05, 0) is 61.2 Å². The van der Waals surface area contributed by atoms with Crippen LogP contribution < -0.4 is 14.4 Å². The van der Waals surface area contributed by atoms with Crippen molar-refractivity contribution in [3.8, 4) is 5.75 Å². The number of benzene rings is 3. The van der Waals surface area contributed by atoms with E-state index >= 15 is 0 Å². The fraction of sp³-hybridized carbons (Fsp3) is 0.269. The quantitative estimate of drug-likeness (QED) is 0.575. The summed E-state index contributed by atoms with van der Waals surface area (Å²) in [6.45, 7) is 7.77. The summed E-state index contributed by atoms with van der Waals surface area (Å²) >= 11 is 0. The van der Waals surface area contributed by atoms with Gasteiger partial charge in [0, 0.05) is 5.69 Å². The number of carbonyl (C=O) groups is 1. The van der Waals surface area contributed by atoms with E-state index in [0.29, 0.717) is 17.1 Å². The summed E-state index contributed by atoms with van der Waals surface area (Å²) in [7, 11) is -3.90. The SMILES string of the molecule is Cc1ccc(S(=O)(=O)N2CC(C(=O)Nc3ccccc3C(C)C)Oc3ccc(C)cc32)cc1. The highest BCUT2D eigenvalue weighted by atomic mass is 32.2. The van der Waals surface area contributed by atoms with Gasteiger partial charge in [0.25, 0.3) is 15.9 Å². The number of hydrogen-bond donors (Lipinski definition) is 1. The Hall–Kier alpha value is -3.32. The van der Waals surface area contributed by atoms with Gasteiger partial charge in [0.05, 0.1) is 17.1 Å². The third kappa shape index (κ3) is 4.59. The number of carbonyl (C=O) groups excluding carboxylic acids is 1. The van der Waals surface area contributed by atoms with Crippen molar-refractivity contribution in [1.82, 2.24) is 0 Å². The Balaban J connectivity index is 1.70. The Morgan fingerprint density at radius 3 is 2.36 bits per heavy atom. The molecule has 1 amide bonds. The molecule has 0 bridgehead atoms. The van der Waals surface area contributed by atoms with E-state index in [0.717, 1.165) is 16.7 Å². The van der Waals surface area contributed by atoms with Crippen LogP contribution in [0, 0.1) is 13.8 Å². The summed E-state index contributed by atoms with van der Waals surface area (Å²) in [6, 6.07) is 19.6. The molecule has 3 aromatic rings. The minimum absolute atomic E-state index is 0.123. The number of nitrogens with one attached hydrogen (secondary N) is 1. The largest absolute Gasteiger partial charge is 0.476 e. The molecule has 3 aromatic carbocycles. The second-order valence-corrected chi connectivity index (χ2v) is 10.5. The first-order valence-electron chi connectivity index (χ1n) is 10.9. The Morgan fingerprint density at radius 1 is 1.00 bits per heavy atom. The lowest BCUT2D eigenvalue weighted by Gasteiger charge is -2.35. The van der Waals surface area contributed by atoms with Crippen LogP contribution in [0.2, 0.25) is 0 Å². The Kier molecular flexibility index (Phi) is 6.17. The molecule has 0 aromatic heterocycles. The molecule has 4 rings (SSSR count). The first-order valence-corrected chi connectivity index (χ1v) is 12.4. The lowest BCUT2D eigenvalue weighted by Crippen LogP contribution is -2.49. The van der Waals surface area contributed by atoms with Gasteiger partial charge in [-0.3, -0.25) is 9.10 Å². The first-order chi connectivity index (χ1) is 15.7. The average Bonchev–Trinajstić information content (AvgIpc) is 2.78. The van der Waals surface area contributed by atoms with Crippen molar-refractivity contribution in [2.24, 2.45) is 0 Å². The van der Waals surface area contributed by atoms with Gasteiger partial charge < -0.3 is 10.1 Å². The molecule has 0 fully saturated rings. The standard InChI is InChI=1S/C26H28N2O4S/c1-17(2)21-7-5-6-8-22(21)27-26(29)25-16-28(23-15-19(4)11-14-24(23)32-25)33(30,31)20-12-9-18(3)10-13-20/h5-15,17,25H,16H2,1-4H3,(H,27,29). The van der Waals surface area contributed by atoms with Crippen molar-refractivity contribution in [3.63, 3.8) is 0 Å².